The summed E-state index contributed by atoms with van der Waals surface area (Å²) in [6, 6.07) is 8.94. The lowest BCUT2D eigenvalue weighted by Crippen LogP contribution is -2.08. The fourth-order valence-corrected chi connectivity index (χ4v) is 2.31. The normalized spacial score (nSPS) is 10.3. The molecule has 0 saturated carbocycles. The summed E-state index contributed by atoms with van der Waals surface area (Å²) in [5, 5.41) is 18.3. The lowest BCUT2D eigenvalue weighted by Gasteiger charge is -2.11. The highest BCUT2D eigenvalue weighted by atomic mass is 16.5. The van der Waals surface area contributed by atoms with Crippen LogP contribution in [0.4, 0.5) is 11.4 Å². The number of carboxylic acids is 2. The van der Waals surface area contributed by atoms with Crippen molar-refractivity contribution in [1.29, 1.82) is 0 Å². The molecule has 0 aliphatic rings. The molecule has 0 aliphatic carbocycles. The van der Waals surface area contributed by atoms with Gasteiger partial charge >= 0.3 is 11.9 Å². The number of anilines is 2. The quantitative estimate of drug-likeness (QED) is 0.451. The van der Waals surface area contributed by atoms with Crippen LogP contribution in [0.1, 0.15) is 32.7 Å². The maximum atomic E-state index is 11.2. The summed E-state index contributed by atoms with van der Waals surface area (Å²) in [5.74, 6) is -1.93. The van der Waals surface area contributed by atoms with Crippen molar-refractivity contribution in [3.8, 4) is 5.75 Å². The first-order chi connectivity index (χ1) is 11.4. The maximum absolute atomic E-state index is 11.2. The van der Waals surface area contributed by atoms with Gasteiger partial charge in [-0.1, -0.05) is 0 Å². The zero-order valence-corrected chi connectivity index (χ0v) is 12.9. The van der Waals surface area contributed by atoms with Crippen molar-refractivity contribution < 1.29 is 24.5 Å². The number of carboxylic acid groups (broad SMARTS) is 2. The summed E-state index contributed by atoms with van der Waals surface area (Å²) in [5.41, 5.74) is 13.0. The summed E-state index contributed by atoms with van der Waals surface area (Å²) in [7, 11) is 0. The monoisotopic (exact) mass is 330 g/mol. The lowest BCUT2D eigenvalue weighted by molar-refractivity contribution is 0.0682. The standard InChI is InChI=1S/C17H18N2O5/c18-11-3-5-13(16(20)21)10(8-11)2-1-7-24-15-9-12(19)4-6-14(15)17(22)23/h3-6,8-9H,1-2,7,18-19H2,(H,20,21)(H,22,23). The largest absolute Gasteiger partial charge is 0.493 e. The van der Waals surface area contributed by atoms with E-state index in [-0.39, 0.29) is 23.5 Å². The highest BCUT2D eigenvalue weighted by Crippen LogP contribution is 2.22. The second kappa shape index (κ2) is 7.36. The first kappa shape index (κ1) is 17.1. The molecule has 7 nitrogen and oxygen atoms in total. The van der Waals surface area contributed by atoms with E-state index >= 15 is 0 Å². The van der Waals surface area contributed by atoms with Gasteiger partial charge in [0.15, 0.2) is 0 Å². The molecule has 2 aromatic rings. The second-order valence-electron chi connectivity index (χ2n) is 5.23. The predicted octanol–water partition coefficient (Wildman–Crippen LogP) is 2.26. The van der Waals surface area contributed by atoms with E-state index in [1.165, 1.54) is 30.3 Å². The molecule has 0 aromatic heterocycles. The van der Waals surface area contributed by atoms with Gasteiger partial charge in [0.2, 0.25) is 0 Å². The molecule has 0 amide bonds. The van der Waals surface area contributed by atoms with Crippen LogP contribution in [0.2, 0.25) is 0 Å². The molecule has 0 heterocycles. The van der Waals surface area contributed by atoms with Gasteiger partial charge in [-0.15, -0.1) is 0 Å². The Labute approximate surface area is 138 Å². The van der Waals surface area contributed by atoms with Gasteiger partial charge in [0.25, 0.3) is 0 Å². The van der Waals surface area contributed by atoms with Crippen molar-refractivity contribution in [2.24, 2.45) is 0 Å². The smallest absolute Gasteiger partial charge is 0.339 e. The van der Waals surface area contributed by atoms with Crippen LogP contribution in [-0.2, 0) is 6.42 Å². The van der Waals surface area contributed by atoms with E-state index in [0.29, 0.717) is 29.8 Å². The third kappa shape index (κ3) is 4.16. The first-order valence-corrected chi connectivity index (χ1v) is 7.26. The number of aromatic carboxylic acids is 2. The minimum absolute atomic E-state index is 0.0272. The van der Waals surface area contributed by atoms with Gasteiger partial charge in [-0.25, -0.2) is 9.59 Å². The highest BCUT2D eigenvalue weighted by molar-refractivity contribution is 5.91. The highest BCUT2D eigenvalue weighted by Gasteiger charge is 2.13. The van der Waals surface area contributed by atoms with Crippen molar-refractivity contribution in [3.05, 3.63) is 53.1 Å². The number of rotatable bonds is 7. The topological polar surface area (TPSA) is 136 Å². The minimum atomic E-state index is -1.10. The maximum Gasteiger partial charge on any atom is 0.339 e. The number of ether oxygens (including phenoxy) is 1. The molecule has 0 saturated heterocycles. The summed E-state index contributed by atoms with van der Waals surface area (Å²) in [4.78, 5) is 22.3. The van der Waals surface area contributed by atoms with Crippen LogP contribution in [0, 0.1) is 0 Å². The van der Waals surface area contributed by atoms with Crippen LogP contribution in [0.15, 0.2) is 36.4 Å². The Morgan fingerprint density at radius 3 is 2.12 bits per heavy atom. The first-order valence-electron chi connectivity index (χ1n) is 7.26. The number of nitrogens with two attached hydrogens (primary N) is 2. The molecule has 7 heteroatoms. The summed E-state index contributed by atoms with van der Waals surface area (Å²) < 4.78 is 5.49. The van der Waals surface area contributed by atoms with E-state index in [0.717, 1.165) is 0 Å². The van der Waals surface area contributed by atoms with Crippen molar-refractivity contribution >= 4 is 23.3 Å². The second-order valence-corrected chi connectivity index (χ2v) is 5.23. The zero-order valence-electron chi connectivity index (χ0n) is 12.9. The molecule has 24 heavy (non-hydrogen) atoms. The predicted molar refractivity (Wildman–Crippen MR) is 89.4 cm³/mol. The molecule has 0 fully saturated rings. The molecular weight excluding hydrogens is 312 g/mol. The van der Waals surface area contributed by atoms with Gasteiger partial charge in [-0.05, 0) is 48.7 Å². The fraction of sp³-hybridized carbons (Fsp3) is 0.176. The Kier molecular flexibility index (Phi) is 5.26. The molecular formula is C17H18N2O5. The van der Waals surface area contributed by atoms with Crippen molar-refractivity contribution in [2.45, 2.75) is 12.8 Å². The SMILES string of the molecule is Nc1ccc(C(=O)O)c(CCCOc2cc(N)ccc2C(=O)O)c1. The van der Waals surface area contributed by atoms with E-state index < -0.39 is 11.9 Å². The number of hydrogen-bond donors (Lipinski definition) is 4. The van der Waals surface area contributed by atoms with Gasteiger partial charge in [0, 0.05) is 17.4 Å². The average Bonchev–Trinajstić information content (AvgIpc) is 2.51. The number of benzene rings is 2. The van der Waals surface area contributed by atoms with Gasteiger partial charge in [0.05, 0.1) is 12.2 Å². The Hall–Kier alpha value is -3.22. The Balaban J connectivity index is 2.02. The molecule has 126 valence electrons. The van der Waals surface area contributed by atoms with Crippen molar-refractivity contribution in [1.82, 2.24) is 0 Å². The van der Waals surface area contributed by atoms with E-state index in [2.05, 4.69) is 0 Å². The summed E-state index contributed by atoms with van der Waals surface area (Å²) in [6.07, 6.45) is 0.939. The van der Waals surface area contributed by atoms with Crippen LogP contribution in [-0.4, -0.2) is 28.8 Å². The third-order valence-electron chi connectivity index (χ3n) is 3.44. The van der Waals surface area contributed by atoms with E-state index in [1.807, 2.05) is 0 Å². The molecule has 6 N–H and O–H groups in total. The Morgan fingerprint density at radius 2 is 1.50 bits per heavy atom. The molecule has 0 radical (unpaired) electrons. The van der Waals surface area contributed by atoms with Crippen LogP contribution < -0.4 is 16.2 Å². The molecule has 2 rings (SSSR count). The molecule has 0 spiro atoms. The Bertz CT molecular complexity index is 708. The fourth-order valence-electron chi connectivity index (χ4n) is 2.31. The minimum Gasteiger partial charge on any atom is -0.493 e. The third-order valence-corrected chi connectivity index (χ3v) is 3.44. The van der Waals surface area contributed by atoms with Gasteiger partial charge < -0.3 is 26.4 Å². The van der Waals surface area contributed by atoms with Gasteiger partial charge in [0.1, 0.15) is 11.3 Å². The zero-order chi connectivity index (χ0) is 17.7. The van der Waals surface area contributed by atoms with Crippen molar-refractivity contribution in [2.75, 3.05) is 18.1 Å². The van der Waals surface area contributed by atoms with E-state index in [1.54, 1.807) is 6.07 Å². The average molecular weight is 330 g/mol. The lowest BCUT2D eigenvalue weighted by atomic mass is 10.0. The van der Waals surface area contributed by atoms with Crippen molar-refractivity contribution in [3.63, 3.8) is 0 Å². The van der Waals surface area contributed by atoms with Crippen LogP contribution in [0.3, 0.4) is 0 Å². The molecule has 0 bridgehead atoms. The number of hydrogen-bond acceptors (Lipinski definition) is 5. The van der Waals surface area contributed by atoms with Gasteiger partial charge in [-0.3, -0.25) is 0 Å². The van der Waals surface area contributed by atoms with Gasteiger partial charge in [-0.2, -0.15) is 0 Å². The molecule has 2 aromatic carbocycles. The van der Waals surface area contributed by atoms with Crippen LogP contribution in [0.25, 0.3) is 0 Å². The number of aryl methyl sites for hydroxylation is 1. The van der Waals surface area contributed by atoms with Crippen LogP contribution >= 0.6 is 0 Å². The van der Waals surface area contributed by atoms with E-state index in [9.17, 15) is 9.59 Å². The summed E-state index contributed by atoms with van der Waals surface area (Å²) in [6.45, 7) is 0.220. The molecule has 0 aliphatic heterocycles. The number of carbonyl (C=O) groups is 2. The van der Waals surface area contributed by atoms with Crippen LogP contribution in [0.5, 0.6) is 5.75 Å². The molecule has 0 unspecified atom stereocenters. The summed E-state index contributed by atoms with van der Waals surface area (Å²) >= 11 is 0. The number of nitrogen functional groups attached to an aromatic ring is 2. The molecule has 0 atom stereocenters. The van der Waals surface area contributed by atoms with E-state index in [4.69, 9.17) is 26.4 Å². The Morgan fingerprint density at radius 1 is 0.917 bits per heavy atom.